The number of nitriles is 1. The maximum Gasteiger partial charge on any atom is 0.128 e. The molecule has 0 amide bonds. The molecule has 0 unspecified atom stereocenters. The number of aliphatic hydroxyl groups excluding tert-OH is 1. The lowest BCUT2D eigenvalue weighted by atomic mass is 9.92. The van der Waals surface area contributed by atoms with E-state index in [9.17, 15) is 5.11 Å². The highest BCUT2D eigenvalue weighted by Crippen LogP contribution is 2.30. The first kappa shape index (κ1) is 15.3. The van der Waals surface area contributed by atoms with Crippen LogP contribution in [0.3, 0.4) is 0 Å². The van der Waals surface area contributed by atoms with Crippen molar-refractivity contribution in [3.05, 3.63) is 23.8 Å². The van der Waals surface area contributed by atoms with Crippen molar-refractivity contribution in [3.63, 3.8) is 0 Å². The van der Waals surface area contributed by atoms with Gasteiger partial charge in [-0.15, -0.1) is 0 Å². The van der Waals surface area contributed by atoms with Crippen LogP contribution in [0.25, 0.3) is 0 Å². The van der Waals surface area contributed by atoms with Gasteiger partial charge in [0.15, 0.2) is 0 Å². The molecule has 0 fully saturated rings. The Morgan fingerprint density at radius 2 is 2.11 bits per heavy atom. The standard InChI is InChI=1S/C15H21NO3/c1-11(17)13-6-5-12(18-4)9-14(13)19-8-7-15(2,3)10-16/h5-6,9,11,17H,7-8H2,1-4H3/t11-/m1/s1. The SMILES string of the molecule is COc1ccc([C@@H](C)O)c(OCCC(C)(C)C#N)c1. The Balaban J connectivity index is 2.78. The minimum atomic E-state index is -0.607. The maximum atomic E-state index is 9.70. The molecule has 1 aromatic carbocycles. The van der Waals surface area contributed by atoms with Crippen LogP contribution in [0.1, 0.15) is 38.9 Å². The second-order valence-electron chi connectivity index (χ2n) is 5.17. The molecule has 0 aliphatic carbocycles. The molecule has 1 rings (SSSR count). The molecule has 0 aromatic heterocycles. The van der Waals surface area contributed by atoms with Crippen molar-refractivity contribution >= 4 is 0 Å². The Labute approximate surface area is 114 Å². The molecule has 0 heterocycles. The zero-order valence-electron chi connectivity index (χ0n) is 11.9. The highest BCUT2D eigenvalue weighted by molar-refractivity contribution is 5.41. The number of hydrogen-bond acceptors (Lipinski definition) is 4. The Bertz CT molecular complexity index is 461. The van der Waals surface area contributed by atoms with Crippen LogP contribution in [0.2, 0.25) is 0 Å². The topological polar surface area (TPSA) is 62.5 Å². The highest BCUT2D eigenvalue weighted by Gasteiger charge is 2.17. The van der Waals surface area contributed by atoms with Gasteiger partial charge in [-0.1, -0.05) is 0 Å². The second kappa shape index (κ2) is 6.44. The largest absolute Gasteiger partial charge is 0.497 e. The van der Waals surface area contributed by atoms with Gasteiger partial charge in [0.25, 0.3) is 0 Å². The smallest absolute Gasteiger partial charge is 0.128 e. The zero-order valence-corrected chi connectivity index (χ0v) is 11.9. The van der Waals surface area contributed by atoms with Crippen LogP contribution in [-0.2, 0) is 0 Å². The predicted molar refractivity (Wildman–Crippen MR) is 73.1 cm³/mol. The maximum absolute atomic E-state index is 9.70. The van der Waals surface area contributed by atoms with E-state index >= 15 is 0 Å². The highest BCUT2D eigenvalue weighted by atomic mass is 16.5. The van der Waals surface area contributed by atoms with Crippen molar-refractivity contribution in [3.8, 4) is 17.6 Å². The average molecular weight is 263 g/mol. The Morgan fingerprint density at radius 3 is 2.63 bits per heavy atom. The number of hydrogen-bond donors (Lipinski definition) is 1. The van der Waals surface area contributed by atoms with Crippen molar-refractivity contribution in [1.29, 1.82) is 5.26 Å². The molecule has 0 aliphatic heterocycles. The van der Waals surface area contributed by atoms with E-state index in [-0.39, 0.29) is 0 Å². The summed E-state index contributed by atoms with van der Waals surface area (Å²) in [6, 6.07) is 7.56. The molecule has 0 aliphatic rings. The molecule has 4 nitrogen and oxygen atoms in total. The summed E-state index contributed by atoms with van der Waals surface area (Å²) in [6.45, 7) is 5.86. The van der Waals surface area contributed by atoms with Crippen LogP contribution in [0.4, 0.5) is 0 Å². The molecule has 1 N–H and O–H groups in total. The molecule has 0 saturated carbocycles. The summed E-state index contributed by atoms with van der Waals surface area (Å²) in [6.07, 6.45) is 0.0184. The third kappa shape index (κ3) is 4.46. The van der Waals surface area contributed by atoms with E-state index in [0.29, 0.717) is 24.5 Å². The van der Waals surface area contributed by atoms with E-state index in [1.165, 1.54) is 0 Å². The molecule has 4 heteroatoms. The number of nitrogens with zero attached hydrogens (tertiary/aromatic N) is 1. The molecular formula is C15H21NO3. The van der Waals surface area contributed by atoms with Gasteiger partial charge in [0.2, 0.25) is 0 Å². The molecule has 19 heavy (non-hydrogen) atoms. The summed E-state index contributed by atoms with van der Waals surface area (Å²) >= 11 is 0. The first-order valence-electron chi connectivity index (χ1n) is 6.29. The zero-order chi connectivity index (χ0) is 14.5. The Morgan fingerprint density at radius 1 is 1.42 bits per heavy atom. The molecule has 0 spiro atoms. The molecule has 1 aromatic rings. The lowest BCUT2D eigenvalue weighted by Gasteiger charge is -2.18. The van der Waals surface area contributed by atoms with Gasteiger partial charge >= 0.3 is 0 Å². The summed E-state index contributed by atoms with van der Waals surface area (Å²) in [7, 11) is 1.58. The molecular weight excluding hydrogens is 242 g/mol. The third-order valence-electron chi connectivity index (χ3n) is 2.96. The number of methoxy groups -OCH3 is 1. The van der Waals surface area contributed by atoms with Crippen LogP contribution in [-0.4, -0.2) is 18.8 Å². The van der Waals surface area contributed by atoms with E-state index in [0.717, 1.165) is 5.56 Å². The number of aliphatic hydroxyl groups is 1. The van der Waals surface area contributed by atoms with Crippen molar-refractivity contribution < 1.29 is 14.6 Å². The summed E-state index contributed by atoms with van der Waals surface area (Å²) in [4.78, 5) is 0. The average Bonchev–Trinajstić information content (AvgIpc) is 2.38. The van der Waals surface area contributed by atoms with E-state index in [4.69, 9.17) is 14.7 Å². The minimum absolute atomic E-state index is 0.413. The van der Waals surface area contributed by atoms with Crippen molar-refractivity contribution in [2.24, 2.45) is 5.41 Å². The van der Waals surface area contributed by atoms with Gasteiger partial charge in [-0.3, -0.25) is 0 Å². The summed E-state index contributed by atoms with van der Waals surface area (Å²) in [5.74, 6) is 1.28. The number of ether oxygens (including phenoxy) is 2. The van der Waals surface area contributed by atoms with Gasteiger partial charge in [-0.25, -0.2) is 0 Å². The number of benzene rings is 1. The van der Waals surface area contributed by atoms with Crippen LogP contribution in [0, 0.1) is 16.7 Å². The fourth-order valence-electron chi connectivity index (χ4n) is 1.58. The third-order valence-corrected chi connectivity index (χ3v) is 2.96. The van der Waals surface area contributed by atoms with Crippen LogP contribution >= 0.6 is 0 Å². The van der Waals surface area contributed by atoms with E-state index in [2.05, 4.69) is 6.07 Å². The van der Waals surface area contributed by atoms with Gasteiger partial charge in [-0.05, 0) is 39.3 Å². The first-order chi connectivity index (χ1) is 8.89. The van der Waals surface area contributed by atoms with Gasteiger partial charge in [0.05, 0.1) is 31.3 Å². The molecule has 1 atom stereocenters. The lowest BCUT2D eigenvalue weighted by Crippen LogP contribution is -2.13. The van der Waals surface area contributed by atoms with Crippen molar-refractivity contribution in [1.82, 2.24) is 0 Å². The molecule has 0 saturated heterocycles. The fourth-order valence-corrected chi connectivity index (χ4v) is 1.58. The van der Waals surface area contributed by atoms with Crippen molar-refractivity contribution in [2.45, 2.75) is 33.3 Å². The Hall–Kier alpha value is -1.73. The van der Waals surface area contributed by atoms with E-state index in [1.54, 1.807) is 32.2 Å². The summed E-state index contributed by atoms with van der Waals surface area (Å²) < 4.78 is 10.8. The molecule has 0 bridgehead atoms. The first-order valence-corrected chi connectivity index (χ1v) is 6.29. The molecule has 104 valence electrons. The number of rotatable bonds is 6. The lowest BCUT2D eigenvalue weighted by molar-refractivity contribution is 0.188. The van der Waals surface area contributed by atoms with Crippen LogP contribution < -0.4 is 9.47 Å². The van der Waals surface area contributed by atoms with Crippen LogP contribution in [0.15, 0.2) is 18.2 Å². The van der Waals surface area contributed by atoms with E-state index < -0.39 is 11.5 Å². The molecule has 0 radical (unpaired) electrons. The second-order valence-corrected chi connectivity index (χ2v) is 5.17. The monoisotopic (exact) mass is 263 g/mol. The minimum Gasteiger partial charge on any atom is -0.497 e. The van der Waals surface area contributed by atoms with Gasteiger partial charge in [0.1, 0.15) is 11.5 Å². The predicted octanol–water partition coefficient (Wildman–Crippen LogP) is 3.07. The van der Waals surface area contributed by atoms with Gasteiger partial charge < -0.3 is 14.6 Å². The summed E-state index contributed by atoms with van der Waals surface area (Å²) in [5, 5.41) is 18.7. The fraction of sp³-hybridized carbons (Fsp3) is 0.533. The normalized spacial score (nSPS) is 12.6. The quantitative estimate of drug-likeness (QED) is 0.856. The van der Waals surface area contributed by atoms with E-state index in [1.807, 2.05) is 13.8 Å². The van der Waals surface area contributed by atoms with Crippen LogP contribution in [0.5, 0.6) is 11.5 Å². The van der Waals surface area contributed by atoms with Crippen molar-refractivity contribution in [2.75, 3.05) is 13.7 Å². The van der Waals surface area contributed by atoms with Gasteiger partial charge in [-0.2, -0.15) is 5.26 Å². The Kier molecular flexibility index (Phi) is 5.20. The summed E-state index contributed by atoms with van der Waals surface area (Å²) in [5.41, 5.74) is 0.305. The van der Waals surface area contributed by atoms with Gasteiger partial charge in [0, 0.05) is 11.6 Å².